The van der Waals surface area contributed by atoms with Gasteiger partial charge >= 0.3 is 6.09 Å². The predicted molar refractivity (Wildman–Crippen MR) is 102 cm³/mol. The quantitative estimate of drug-likeness (QED) is 0.731. The van der Waals surface area contributed by atoms with Crippen LogP contribution >= 0.6 is 0 Å². The van der Waals surface area contributed by atoms with Crippen molar-refractivity contribution in [1.29, 1.82) is 0 Å². The van der Waals surface area contributed by atoms with Gasteiger partial charge in [-0.2, -0.15) is 0 Å². The van der Waals surface area contributed by atoms with E-state index in [9.17, 15) is 19.2 Å². The van der Waals surface area contributed by atoms with Gasteiger partial charge in [-0.15, -0.1) is 0 Å². The van der Waals surface area contributed by atoms with E-state index in [-0.39, 0.29) is 24.8 Å². The minimum absolute atomic E-state index is 0.227. The van der Waals surface area contributed by atoms with E-state index < -0.39 is 18.0 Å². The average Bonchev–Trinajstić information content (AvgIpc) is 3.39. The van der Waals surface area contributed by atoms with Gasteiger partial charge in [-0.3, -0.25) is 19.7 Å². The highest BCUT2D eigenvalue weighted by Crippen LogP contribution is 2.28. The first-order valence-electron chi connectivity index (χ1n) is 9.65. The van der Waals surface area contributed by atoms with Crippen LogP contribution in [-0.4, -0.2) is 55.1 Å². The Morgan fingerprint density at radius 2 is 2.03 bits per heavy atom. The fourth-order valence-corrected chi connectivity index (χ4v) is 3.47. The lowest BCUT2D eigenvalue weighted by atomic mass is 10.0. The standard InChI is InChI=1S/C16H17N3O5.C4H8O/c1-24-16(23)17-7-9-2-3-10-8-19(15(22)11(10)6-9)12-4-5-13(20)18-14(12)21;1-2-4-5-3-1/h2-3,6,12H,4-5,7-8H2,1H3,(H,17,23)(H,18,20,21);1-4H2. The molecule has 0 radical (unpaired) electrons. The smallest absolute Gasteiger partial charge is 0.407 e. The number of piperidine rings is 1. The Morgan fingerprint density at radius 1 is 1.28 bits per heavy atom. The monoisotopic (exact) mass is 403 g/mol. The van der Waals surface area contributed by atoms with Crippen molar-refractivity contribution in [2.24, 2.45) is 0 Å². The number of carbonyl (C=O) groups excluding carboxylic acids is 4. The van der Waals surface area contributed by atoms with Gasteiger partial charge in [0.25, 0.3) is 5.91 Å². The largest absolute Gasteiger partial charge is 0.453 e. The van der Waals surface area contributed by atoms with Crippen molar-refractivity contribution in [1.82, 2.24) is 15.5 Å². The Bertz CT molecular complexity index is 798. The number of nitrogens with one attached hydrogen (secondary N) is 2. The van der Waals surface area contributed by atoms with E-state index in [0.29, 0.717) is 18.5 Å². The molecule has 2 N–H and O–H groups in total. The van der Waals surface area contributed by atoms with Gasteiger partial charge in [-0.05, 0) is 36.5 Å². The number of amides is 4. The minimum Gasteiger partial charge on any atom is -0.453 e. The molecule has 0 saturated carbocycles. The van der Waals surface area contributed by atoms with Crippen molar-refractivity contribution in [3.05, 3.63) is 34.9 Å². The topological polar surface area (TPSA) is 114 Å². The summed E-state index contributed by atoms with van der Waals surface area (Å²) in [5.74, 6) is -0.976. The molecule has 2 saturated heterocycles. The Balaban J connectivity index is 0.000000419. The van der Waals surface area contributed by atoms with Crippen LogP contribution in [0.25, 0.3) is 0 Å². The van der Waals surface area contributed by atoms with E-state index in [1.54, 1.807) is 6.07 Å². The molecule has 1 atom stereocenters. The lowest BCUT2D eigenvalue weighted by Gasteiger charge is -2.29. The molecule has 0 spiro atoms. The summed E-state index contributed by atoms with van der Waals surface area (Å²) >= 11 is 0. The van der Waals surface area contributed by atoms with Crippen LogP contribution in [0.15, 0.2) is 18.2 Å². The van der Waals surface area contributed by atoms with E-state index in [1.807, 2.05) is 12.1 Å². The van der Waals surface area contributed by atoms with Crippen LogP contribution in [0, 0.1) is 0 Å². The van der Waals surface area contributed by atoms with Gasteiger partial charge < -0.3 is 19.7 Å². The molecule has 4 rings (SSSR count). The number of ether oxygens (including phenoxy) is 2. The second-order valence-corrected chi connectivity index (χ2v) is 7.06. The molecule has 1 aromatic carbocycles. The number of rotatable bonds is 3. The first kappa shape index (κ1) is 20.8. The number of benzene rings is 1. The highest BCUT2D eigenvalue weighted by molar-refractivity contribution is 6.05. The highest BCUT2D eigenvalue weighted by Gasteiger charge is 2.39. The zero-order chi connectivity index (χ0) is 20.8. The Morgan fingerprint density at radius 3 is 2.66 bits per heavy atom. The molecule has 4 amide bonds. The van der Waals surface area contributed by atoms with Gasteiger partial charge in [-0.25, -0.2) is 4.79 Å². The number of imide groups is 1. The van der Waals surface area contributed by atoms with E-state index >= 15 is 0 Å². The maximum atomic E-state index is 12.6. The lowest BCUT2D eigenvalue weighted by molar-refractivity contribution is -0.136. The number of alkyl carbamates (subject to hydrolysis) is 1. The molecule has 156 valence electrons. The molecule has 3 heterocycles. The maximum absolute atomic E-state index is 12.6. The molecular weight excluding hydrogens is 378 g/mol. The van der Waals surface area contributed by atoms with Crippen molar-refractivity contribution in [3.8, 4) is 0 Å². The fourth-order valence-electron chi connectivity index (χ4n) is 3.47. The number of nitrogens with zero attached hydrogens (tertiary/aromatic N) is 1. The molecule has 29 heavy (non-hydrogen) atoms. The summed E-state index contributed by atoms with van der Waals surface area (Å²) in [7, 11) is 1.28. The molecule has 2 fully saturated rings. The second kappa shape index (κ2) is 9.51. The SMILES string of the molecule is C1CCOC1.COC(=O)NCc1ccc2c(c1)C(=O)N(C1CCC(=O)NC1=O)C2. The van der Waals surface area contributed by atoms with Crippen LogP contribution in [0.3, 0.4) is 0 Å². The number of methoxy groups -OCH3 is 1. The van der Waals surface area contributed by atoms with Crippen molar-refractivity contribution >= 4 is 23.8 Å². The van der Waals surface area contributed by atoms with Crippen molar-refractivity contribution in [3.63, 3.8) is 0 Å². The summed E-state index contributed by atoms with van der Waals surface area (Å²) in [6.45, 7) is 2.58. The summed E-state index contributed by atoms with van der Waals surface area (Å²) in [5, 5.41) is 4.82. The summed E-state index contributed by atoms with van der Waals surface area (Å²) in [5.41, 5.74) is 2.10. The Labute approximate surface area is 168 Å². The van der Waals surface area contributed by atoms with Crippen molar-refractivity contribution in [2.45, 2.75) is 44.8 Å². The van der Waals surface area contributed by atoms with Gasteiger partial charge in [0.2, 0.25) is 11.8 Å². The van der Waals surface area contributed by atoms with E-state index in [1.165, 1.54) is 24.9 Å². The Hall–Kier alpha value is -2.94. The van der Waals surface area contributed by atoms with Crippen molar-refractivity contribution in [2.75, 3.05) is 20.3 Å². The van der Waals surface area contributed by atoms with Crippen LogP contribution in [0.5, 0.6) is 0 Å². The summed E-state index contributed by atoms with van der Waals surface area (Å²) < 4.78 is 9.45. The predicted octanol–water partition coefficient (Wildman–Crippen LogP) is 1.10. The highest BCUT2D eigenvalue weighted by atomic mass is 16.5. The zero-order valence-corrected chi connectivity index (χ0v) is 16.4. The Kier molecular flexibility index (Phi) is 6.82. The first-order chi connectivity index (χ1) is 14.0. The van der Waals surface area contributed by atoms with Gasteiger partial charge in [0, 0.05) is 38.3 Å². The number of fused-ring (bicyclic) bond motifs is 1. The lowest BCUT2D eigenvalue weighted by Crippen LogP contribution is -2.52. The molecular formula is C20H25N3O6. The normalized spacial score (nSPS) is 20.5. The molecule has 3 aliphatic heterocycles. The van der Waals surface area contributed by atoms with Gasteiger partial charge in [0.05, 0.1) is 7.11 Å². The molecule has 9 nitrogen and oxygen atoms in total. The summed E-state index contributed by atoms with van der Waals surface area (Å²) in [6.07, 6.45) is 2.57. The van der Waals surface area contributed by atoms with Gasteiger partial charge in [0.15, 0.2) is 0 Å². The van der Waals surface area contributed by atoms with E-state index in [4.69, 9.17) is 4.74 Å². The van der Waals surface area contributed by atoms with Crippen LogP contribution in [0.2, 0.25) is 0 Å². The van der Waals surface area contributed by atoms with E-state index in [2.05, 4.69) is 15.4 Å². The van der Waals surface area contributed by atoms with Crippen LogP contribution in [0.4, 0.5) is 4.79 Å². The third kappa shape index (κ3) is 5.11. The second-order valence-electron chi connectivity index (χ2n) is 7.06. The third-order valence-corrected chi connectivity index (χ3v) is 5.04. The molecule has 9 heteroatoms. The first-order valence-corrected chi connectivity index (χ1v) is 9.65. The molecule has 1 aromatic rings. The van der Waals surface area contributed by atoms with Crippen LogP contribution in [0.1, 0.15) is 47.2 Å². The summed E-state index contributed by atoms with van der Waals surface area (Å²) in [6, 6.07) is 4.71. The number of hydrogen-bond donors (Lipinski definition) is 2. The van der Waals surface area contributed by atoms with Crippen LogP contribution in [-0.2, 0) is 32.2 Å². The molecule has 1 unspecified atom stereocenters. The van der Waals surface area contributed by atoms with Crippen LogP contribution < -0.4 is 10.6 Å². The molecule has 0 aliphatic carbocycles. The van der Waals surface area contributed by atoms with Crippen molar-refractivity contribution < 1.29 is 28.7 Å². The zero-order valence-electron chi connectivity index (χ0n) is 16.4. The summed E-state index contributed by atoms with van der Waals surface area (Å²) in [4.78, 5) is 48.5. The fraction of sp³-hybridized carbons (Fsp3) is 0.500. The average molecular weight is 403 g/mol. The number of carbonyl (C=O) groups is 4. The molecule has 0 bridgehead atoms. The number of hydrogen-bond acceptors (Lipinski definition) is 6. The maximum Gasteiger partial charge on any atom is 0.407 e. The van der Waals surface area contributed by atoms with E-state index in [0.717, 1.165) is 24.3 Å². The molecule has 0 aromatic heterocycles. The van der Waals surface area contributed by atoms with Gasteiger partial charge in [-0.1, -0.05) is 12.1 Å². The minimum atomic E-state index is -0.626. The van der Waals surface area contributed by atoms with Gasteiger partial charge in [0.1, 0.15) is 6.04 Å². The molecule has 3 aliphatic rings. The third-order valence-electron chi connectivity index (χ3n) is 5.04.